The number of aromatic nitrogens is 1. The number of methoxy groups -OCH3 is 1. The smallest absolute Gasteiger partial charge is 0.215 e. The van der Waals surface area contributed by atoms with Crippen LogP contribution in [-0.4, -0.2) is 30.6 Å². The van der Waals surface area contributed by atoms with Crippen molar-refractivity contribution in [2.24, 2.45) is 5.92 Å². The van der Waals surface area contributed by atoms with E-state index in [0.29, 0.717) is 11.8 Å². The van der Waals surface area contributed by atoms with Gasteiger partial charge in [-0.2, -0.15) is 0 Å². The second kappa shape index (κ2) is 7.26. The summed E-state index contributed by atoms with van der Waals surface area (Å²) in [6.45, 7) is 0.501. The van der Waals surface area contributed by atoms with E-state index in [9.17, 15) is 0 Å². The average molecular weight is 263 g/mol. The molecule has 1 aromatic heterocycles. The Kier molecular flexibility index (Phi) is 5.36. The van der Waals surface area contributed by atoms with Gasteiger partial charge in [0, 0.05) is 19.8 Å². The van der Waals surface area contributed by atoms with Gasteiger partial charge in [0.25, 0.3) is 0 Å². The lowest BCUT2D eigenvalue weighted by Crippen LogP contribution is -2.08. The van der Waals surface area contributed by atoms with Crippen LogP contribution in [0, 0.1) is 5.92 Å². The van der Waals surface area contributed by atoms with Crippen LogP contribution < -0.4 is 4.74 Å². The molecule has 0 radical (unpaired) electrons. The largest absolute Gasteiger partial charge is 0.451 e. The fraction of sp³-hybridized carbons (Fsp3) is 0.533. The van der Waals surface area contributed by atoms with E-state index in [1.807, 2.05) is 18.2 Å². The van der Waals surface area contributed by atoms with Crippen molar-refractivity contribution in [2.45, 2.75) is 25.7 Å². The van der Waals surface area contributed by atoms with E-state index < -0.39 is 0 Å². The molecular weight excluding hydrogens is 242 g/mol. The summed E-state index contributed by atoms with van der Waals surface area (Å²) in [5.74, 6) is 1.21. The Labute approximate surface area is 114 Å². The van der Waals surface area contributed by atoms with Gasteiger partial charge in [-0.3, -0.25) is 0 Å². The summed E-state index contributed by atoms with van der Waals surface area (Å²) in [6.07, 6.45) is 6.31. The number of rotatable bonds is 6. The van der Waals surface area contributed by atoms with Crippen LogP contribution in [0.5, 0.6) is 5.88 Å². The molecule has 0 bridgehead atoms. The lowest BCUT2D eigenvalue weighted by atomic mass is 9.86. The fourth-order valence-electron chi connectivity index (χ4n) is 2.36. The number of hydrogen-bond donors (Lipinski definition) is 1. The molecule has 1 aliphatic carbocycles. The summed E-state index contributed by atoms with van der Waals surface area (Å²) in [5, 5.41) is 8.96. The maximum Gasteiger partial charge on any atom is 0.215 e. The molecule has 0 aromatic carbocycles. The van der Waals surface area contributed by atoms with Crippen molar-refractivity contribution in [3.8, 4) is 5.88 Å². The van der Waals surface area contributed by atoms with Crippen molar-refractivity contribution in [1.29, 1.82) is 0 Å². The summed E-state index contributed by atoms with van der Waals surface area (Å²) >= 11 is 0. The first-order valence-electron chi connectivity index (χ1n) is 6.72. The highest BCUT2D eigenvalue weighted by Gasteiger charge is 2.15. The quantitative estimate of drug-likeness (QED) is 0.802. The predicted molar refractivity (Wildman–Crippen MR) is 73.8 cm³/mol. The van der Waals surface area contributed by atoms with Gasteiger partial charge in [-0.1, -0.05) is 12.1 Å². The zero-order valence-electron chi connectivity index (χ0n) is 11.3. The standard InChI is InChI=1S/C15H21NO3/c1-18-11-19-15-4-2-3-14(16-15)13-7-5-12(6-8-13)9-10-17/h2-4,7,12,17H,5-6,8-11H2,1H3. The van der Waals surface area contributed by atoms with Gasteiger partial charge in [-0.05, 0) is 43.2 Å². The normalized spacial score (nSPS) is 19.1. The zero-order chi connectivity index (χ0) is 13.5. The van der Waals surface area contributed by atoms with Crippen LogP contribution in [0.4, 0.5) is 0 Å². The molecule has 1 atom stereocenters. The molecule has 1 unspecified atom stereocenters. The summed E-state index contributed by atoms with van der Waals surface area (Å²) < 4.78 is 10.2. The van der Waals surface area contributed by atoms with E-state index in [1.54, 1.807) is 7.11 Å². The van der Waals surface area contributed by atoms with Crippen LogP contribution >= 0.6 is 0 Å². The van der Waals surface area contributed by atoms with Crippen molar-refractivity contribution in [1.82, 2.24) is 4.98 Å². The topological polar surface area (TPSA) is 51.6 Å². The zero-order valence-corrected chi connectivity index (χ0v) is 11.3. The van der Waals surface area contributed by atoms with Gasteiger partial charge in [0.05, 0.1) is 5.69 Å². The van der Waals surface area contributed by atoms with Gasteiger partial charge in [0.2, 0.25) is 5.88 Å². The number of aliphatic hydroxyl groups excluding tert-OH is 1. The minimum atomic E-state index is 0.216. The molecule has 1 aromatic rings. The van der Waals surface area contributed by atoms with E-state index in [2.05, 4.69) is 11.1 Å². The molecule has 2 rings (SSSR count). The van der Waals surface area contributed by atoms with Crippen molar-refractivity contribution in [3.63, 3.8) is 0 Å². The molecule has 19 heavy (non-hydrogen) atoms. The molecule has 4 nitrogen and oxygen atoms in total. The molecule has 4 heteroatoms. The van der Waals surface area contributed by atoms with E-state index >= 15 is 0 Å². The van der Waals surface area contributed by atoms with E-state index in [1.165, 1.54) is 5.57 Å². The van der Waals surface area contributed by atoms with Gasteiger partial charge >= 0.3 is 0 Å². The Balaban J connectivity index is 2.02. The number of aliphatic hydroxyl groups is 1. The first-order chi connectivity index (χ1) is 9.33. The third-order valence-corrected chi connectivity index (χ3v) is 3.43. The summed E-state index contributed by atoms with van der Waals surface area (Å²) in [6, 6.07) is 5.80. The molecule has 1 aliphatic rings. The summed E-state index contributed by atoms with van der Waals surface area (Å²) in [5.41, 5.74) is 2.26. The van der Waals surface area contributed by atoms with E-state index in [-0.39, 0.29) is 13.4 Å². The van der Waals surface area contributed by atoms with Gasteiger partial charge in [0.15, 0.2) is 6.79 Å². The molecule has 0 saturated carbocycles. The number of nitrogens with zero attached hydrogens (tertiary/aromatic N) is 1. The molecule has 0 saturated heterocycles. The van der Waals surface area contributed by atoms with Crippen LogP contribution in [0.3, 0.4) is 0 Å². The summed E-state index contributed by atoms with van der Waals surface area (Å²) in [4.78, 5) is 4.49. The second-order valence-corrected chi connectivity index (χ2v) is 4.79. The third-order valence-electron chi connectivity index (χ3n) is 3.43. The monoisotopic (exact) mass is 263 g/mol. The van der Waals surface area contributed by atoms with Crippen LogP contribution in [0.25, 0.3) is 5.57 Å². The van der Waals surface area contributed by atoms with E-state index in [4.69, 9.17) is 14.6 Å². The third kappa shape index (κ3) is 4.04. The van der Waals surface area contributed by atoms with Gasteiger partial charge in [-0.25, -0.2) is 4.98 Å². The van der Waals surface area contributed by atoms with Crippen molar-refractivity contribution >= 4 is 5.57 Å². The van der Waals surface area contributed by atoms with Crippen LogP contribution in [0.1, 0.15) is 31.4 Å². The lowest BCUT2D eigenvalue weighted by molar-refractivity contribution is 0.0478. The SMILES string of the molecule is COCOc1cccc(C2=CCC(CCO)CC2)n1. The molecule has 1 N–H and O–H groups in total. The van der Waals surface area contributed by atoms with Crippen molar-refractivity contribution in [2.75, 3.05) is 20.5 Å². The van der Waals surface area contributed by atoms with Gasteiger partial charge in [-0.15, -0.1) is 0 Å². The van der Waals surface area contributed by atoms with Crippen molar-refractivity contribution in [3.05, 3.63) is 30.0 Å². The maximum absolute atomic E-state index is 8.96. The predicted octanol–water partition coefficient (Wildman–Crippen LogP) is 2.63. The van der Waals surface area contributed by atoms with E-state index in [0.717, 1.165) is 31.4 Å². The molecule has 104 valence electrons. The van der Waals surface area contributed by atoms with Gasteiger partial charge < -0.3 is 14.6 Å². The Bertz CT molecular complexity index is 431. The Hall–Kier alpha value is -1.39. The number of ether oxygens (including phenoxy) is 2. The molecule has 0 fully saturated rings. The first kappa shape index (κ1) is 14.0. The van der Waals surface area contributed by atoms with Gasteiger partial charge in [0.1, 0.15) is 0 Å². The highest BCUT2D eigenvalue weighted by molar-refractivity contribution is 5.63. The highest BCUT2D eigenvalue weighted by atomic mass is 16.7. The Morgan fingerprint density at radius 2 is 2.32 bits per heavy atom. The van der Waals surface area contributed by atoms with Crippen LogP contribution in [-0.2, 0) is 4.74 Å². The maximum atomic E-state index is 8.96. The highest BCUT2D eigenvalue weighted by Crippen LogP contribution is 2.31. The fourth-order valence-corrected chi connectivity index (χ4v) is 2.36. The first-order valence-corrected chi connectivity index (χ1v) is 6.72. The molecule has 0 aliphatic heterocycles. The minimum absolute atomic E-state index is 0.216. The molecular formula is C15H21NO3. The molecule has 0 amide bonds. The summed E-state index contributed by atoms with van der Waals surface area (Å²) in [7, 11) is 1.59. The Morgan fingerprint density at radius 3 is 3.00 bits per heavy atom. The Morgan fingerprint density at radius 1 is 1.42 bits per heavy atom. The second-order valence-electron chi connectivity index (χ2n) is 4.79. The number of allylic oxidation sites excluding steroid dienone is 2. The van der Waals surface area contributed by atoms with Crippen molar-refractivity contribution < 1.29 is 14.6 Å². The van der Waals surface area contributed by atoms with Crippen LogP contribution in [0.15, 0.2) is 24.3 Å². The minimum Gasteiger partial charge on any atom is -0.451 e. The number of pyridine rings is 1. The lowest BCUT2D eigenvalue weighted by Gasteiger charge is -2.21. The number of hydrogen-bond acceptors (Lipinski definition) is 4. The molecule has 1 heterocycles. The van der Waals surface area contributed by atoms with Crippen LogP contribution in [0.2, 0.25) is 0 Å². The molecule has 0 spiro atoms. The average Bonchev–Trinajstić information content (AvgIpc) is 2.46.